The lowest BCUT2D eigenvalue weighted by molar-refractivity contribution is -0.133. The Morgan fingerprint density at radius 1 is 1.09 bits per heavy atom. The smallest absolute Gasteiger partial charge is 0.314 e. The number of carboxylic acid groups (broad SMARTS) is 1. The molecule has 0 aliphatic rings. The number of anilines is 1. The predicted molar refractivity (Wildman–Crippen MR) is 90.1 cm³/mol. The summed E-state index contributed by atoms with van der Waals surface area (Å²) < 4.78 is 5.79. The third-order valence-electron chi connectivity index (χ3n) is 3.15. The molecular weight excluding hydrogens is 312 g/mol. The quantitative estimate of drug-likeness (QED) is 0.548. The fourth-order valence-corrected chi connectivity index (χ4v) is 2.65. The number of nitrogen functional groups attached to an aromatic ring is 1. The van der Waals surface area contributed by atoms with Crippen molar-refractivity contribution in [3.8, 4) is 22.6 Å². The fourth-order valence-electron chi connectivity index (χ4n) is 2.11. The zero-order valence-corrected chi connectivity index (χ0v) is 12.9. The van der Waals surface area contributed by atoms with Crippen molar-refractivity contribution in [2.45, 2.75) is 5.22 Å². The van der Waals surface area contributed by atoms with E-state index in [0.717, 1.165) is 22.9 Å². The van der Waals surface area contributed by atoms with Crippen molar-refractivity contribution in [1.29, 1.82) is 0 Å². The summed E-state index contributed by atoms with van der Waals surface area (Å²) in [4.78, 5) is 15.2. The molecule has 1 heterocycles. The van der Waals surface area contributed by atoms with Crippen LogP contribution in [-0.2, 0) is 4.79 Å². The first-order valence-corrected chi connectivity index (χ1v) is 7.89. The van der Waals surface area contributed by atoms with Gasteiger partial charge >= 0.3 is 5.97 Å². The minimum absolute atomic E-state index is 0.101. The van der Waals surface area contributed by atoms with Crippen LogP contribution in [0.2, 0.25) is 0 Å². The van der Waals surface area contributed by atoms with Crippen LogP contribution in [0.4, 0.5) is 5.69 Å². The Bertz CT molecular complexity index is 814. The van der Waals surface area contributed by atoms with Gasteiger partial charge in [0.15, 0.2) is 5.76 Å². The Morgan fingerprint density at radius 2 is 1.78 bits per heavy atom. The van der Waals surface area contributed by atoms with Crippen molar-refractivity contribution >= 4 is 23.4 Å². The summed E-state index contributed by atoms with van der Waals surface area (Å²) in [5.74, 6) is -0.401. The van der Waals surface area contributed by atoms with E-state index in [1.807, 2.05) is 42.5 Å². The van der Waals surface area contributed by atoms with Crippen LogP contribution in [-0.4, -0.2) is 21.8 Å². The number of nitrogens with zero attached hydrogens (tertiary/aromatic N) is 1. The number of nitrogens with two attached hydrogens (primary N) is 1. The van der Waals surface area contributed by atoms with E-state index in [-0.39, 0.29) is 5.75 Å². The molecule has 0 saturated heterocycles. The predicted octanol–water partition coefficient (Wildman–Crippen LogP) is 3.77. The lowest BCUT2D eigenvalue weighted by Crippen LogP contribution is -1.97. The molecule has 0 spiro atoms. The summed E-state index contributed by atoms with van der Waals surface area (Å²) in [5.41, 5.74) is 8.81. The SMILES string of the molecule is Nc1ccc(-c2nc(SCC(=O)O)oc2-c2ccccc2)cc1. The number of hydrogen-bond donors (Lipinski definition) is 2. The summed E-state index contributed by atoms with van der Waals surface area (Å²) in [5, 5.41) is 9.14. The topological polar surface area (TPSA) is 89.3 Å². The second-order valence-corrected chi connectivity index (χ2v) is 5.75. The standard InChI is InChI=1S/C17H14N2O3S/c18-13-8-6-11(7-9-13)15-16(12-4-2-1-3-5-12)22-17(19-15)23-10-14(20)21/h1-9H,10,18H2,(H,20,21). The minimum Gasteiger partial charge on any atom is -0.481 e. The summed E-state index contributed by atoms with van der Waals surface area (Å²) in [6.45, 7) is 0. The zero-order chi connectivity index (χ0) is 16.2. The first-order chi connectivity index (χ1) is 11.1. The number of aromatic nitrogens is 1. The summed E-state index contributed by atoms with van der Waals surface area (Å²) >= 11 is 1.05. The number of hydrogen-bond acceptors (Lipinski definition) is 5. The second-order valence-electron chi connectivity index (χ2n) is 4.83. The van der Waals surface area contributed by atoms with E-state index in [9.17, 15) is 4.79 Å². The monoisotopic (exact) mass is 326 g/mol. The highest BCUT2D eigenvalue weighted by molar-refractivity contribution is 7.99. The average Bonchev–Trinajstić information content (AvgIpc) is 2.99. The van der Waals surface area contributed by atoms with Crippen LogP contribution in [0, 0.1) is 0 Å². The molecule has 0 bridgehead atoms. The first-order valence-electron chi connectivity index (χ1n) is 6.90. The van der Waals surface area contributed by atoms with Crippen molar-refractivity contribution in [2.75, 3.05) is 11.5 Å². The van der Waals surface area contributed by atoms with Gasteiger partial charge in [-0.2, -0.15) is 0 Å². The van der Waals surface area contributed by atoms with Gasteiger partial charge in [0, 0.05) is 16.8 Å². The number of aliphatic carboxylic acids is 1. The van der Waals surface area contributed by atoms with E-state index >= 15 is 0 Å². The maximum Gasteiger partial charge on any atom is 0.314 e. The van der Waals surface area contributed by atoms with Gasteiger partial charge in [0.2, 0.25) is 0 Å². The van der Waals surface area contributed by atoms with E-state index in [2.05, 4.69) is 4.98 Å². The molecule has 3 aromatic rings. The van der Waals surface area contributed by atoms with Crippen molar-refractivity contribution < 1.29 is 14.3 Å². The largest absolute Gasteiger partial charge is 0.481 e. The Kier molecular flexibility index (Phi) is 4.34. The second kappa shape index (κ2) is 6.58. The van der Waals surface area contributed by atoms with E-state index in [1.54, 1.807) is 12.1 Å². The fraction of sp³-hybridized carbons (Fsp3) is 0.0588. The normalized spacial score (nSPS) is 10.6. The number of rotatable bonds is 5. The molecule has 6 heteroatoms. The molecule has 1 aromatic heterocycles. The highest BCUT2D eigenvalue weighted by Gasteiger charge is 2.17. The van der Waals surface area contributed by atoms with Crippen molar-refractivity contribution in [2.24, 2.45) is 0 Å². The van der Waals surface area contributed by atoms with Gasteiger partial charge in [-0.1, -0.05) is 54.2 Å². The summed E-state index contributed by atoms with van der Waals surface area (Å²) in [6, 6.07) is 16.9. The maximum atomic E-state index is 10.7. The van der Waals surface area contributed by atoms with Gasteiger partial charge in [-0.15, -0.1) is 0 Å². The average molecular weight is 326 g/mol. The summed E-state index contributed by atoms with van der Waals surface area (Å²) in [7, 11) is 0. The van der Waals surface area contributed by atoms with Gasteiger partial charge in [-0.05, 0) is 12.1 Å². The molecule has 23 heavy (non-hydrogen) atoms. The summed E-state index contributed by atoms with van der Waals surface area (Å²) in [6.07, 6.45) is 0. The molecule has 0 aliphatic heterocycles. The van der Waals surface area contributed by atoms with E-state index in [0.29, 0.717) is 22.4 Å². The lowest BCUT2D eigenvalue weighted by atomic mass is 10.1. The van der Waals surface area contributed by atoms with Crippen LogP contribution in [0.1, 0.15) is 0 Å². The van der Waals surface area contributed by atoms with E-state index in [4.69, 9.17) is 15.3 Å². The molecule has 0 aliphatic carbocycles. The van der Waals surface area contributed by atoms with Gasteiger partial charge in [0.25, 0.3) is 5.22 Å². The van der Waals surface area contributed by atoms with E-state index < -0.39 is 5.97 Å². The number of carboxylic acids is 1. The van der Waals surface area contributed by atoms with Gasteiger partial charge in [-0.3, -0.25) is 4.79 Å². The Hall–Kier alpha value is -2.73. The molecule has 0 saturated carbocycles. The van der Waals surface area contributed by atoms with Crippen molar-refractivity contribution in [3.05, 3.63) is 54.6 Å². The van der Waals surface area contributed by atoms with Crippen LogP contribution in [0.3, 0.4) is 0 Å². The van der Waals surface area contributed by atoms with Crippen molar-refractivity contribution in [3.63, 3.8) is 0 Å². The molecule has 5 nitrogen and oxygen atoms in total. The van der Waals surface area contributed by atoms with Crippen molar-refractivity contribution in [1.82, 2.24) is 4.98 Å². The molecule has 0 radical (unpaired) electrons. The van der Waals surface area contributed by atoms with Gasteiger partial charge in [0.1, 0.15) is 11.4 Å². The highest BCUT2D eigenvalue weighted by atomic mass is 32.2. The molecule has 0 amide bonds. The Labute approximate surface area is 137 Å². The number of thioether (sulfide) groups is 1. The molecule has 0 unspecified atom stereocenters. The number of benzene rings is 2. The Balaban J connectivity index is 2.05. The van der Waals surface area contributed by atoms with Gasteiger partial charge in [0.05, 0.1) is 0 Å². The first kappa shape index (κ1) is 15.2. The molecule has 0 atom stereocenters. The van der Waals surface area contributed by atoms with Crippen LogP contribution in [0.15, 0.2) is 64.2 Å². The molecule has 2 aromatic carbocycles. The maximum absolute atomic E-state index is 10.7. The van der Waals surface area contributed by atoms with Gasteiger partial charge < -0.3 is 15.3 Å². The van der Waals surface area contributed by atoms with Crippen LogP contribution < -0.4 is 5.73 Å². The number of oxazole rings is 1. The zero-order valence-electron chi connectivity index (χ0n) is 12.1. The van der Waals surface area contributed by atoms with E-state index in [1.165, 1.54) is 0 Å². The molecule has 3 rings (SSSR count). The molecule has 3 N–H and O–H groups in total. The van der Waals surface area contributed by atoms with Crippen LogP contribution >= 0.6 is 11.8 Å². The van der Waals surface area contributed by atoms with Crippen LogP contribution in [0.25, 0.3) is 22.6 Å². The molecular formula is C17H14N2O3S. The van der Waals surface area contributed by atoms with Crippen LogP contribution in [0.5, 0.6) is 0 Å². The van der Waals surface area contributed by atoms with Gasteiger partial charge in [-0.25, -0.2) is 4.98 Å². The lowest BCUT2D eigenvalue weighted by Gasteiger charge is -2.01. The minimum atomic E-state index is -0.913. The third kappa shape index (κ3) is 3.54. The Morgan fingerprint density at radius 3 is 2.43 bits per heavy atom. The highest BCUT2D eigenvalue weighted by Crippen LogP contribution is 2.35. The molecule has 116 valence electrons. The third-order valence-corrected chi connectivity index (χ3v) is 3.96. The molecule has 0 fully saturated rings. The number of carbonyl (C=O) groups is 1.